The van der Waals surface area contributed by atoms with Crippen molar-refractivity contribution in [3.05, 3.63) is 53.6 Å². The highest BCUT2D eigenvalue weighted by Gasteiger charge is 2.15. The van der Waals surface area contributed by atoms with Crippen LogP contribution in [0.5, 0.6) is 0 Å². The minimum Gasteiger partial charge on any atom is -0.345 e. The van der Waals surface area contributed by atoms with E-state index in [0.717, 1.165) is 5.69 Å². The third kappa shape index (κ3) is 2.94. The van der Waals surface area contributed by atoms with Gasteiger partial charge in [-0.1, -0.05) is 6.07 Å². The summed E-state index contributed by atoms with van der Waals surface area (Å²) in [7, 11) is 3.34. The number of carbonyl (C=O) groups excluding carboxylic acids is 2. The van der Waals surface area contributed by atoms with Crippen molar-refractivity contribution in [2.75, 3.05) is 19.4 Å². The molecule has 0 saturated heterocycles. The summed E-state index contributed by atoms with van der Waals surface area (Å²) >= 11 is 0. The summed E-state index contributed by atoms with van der Waals surface area (Å²) in [5.41, 5.74) is 1.81. The maximum atomic E-state index is 12.3. The van der Waals surface area contributed by atoms with Crippen molar-refractivity contribution in [2.24, 2.45) is 0 Å². The van der Waals surface area contributed by atoms with E-state index in [1.165, 1.54) is 9.42 Å². The van der Waals surface area contributed by atoms with Crippen LogP contribution in [-0.4, -0.2) is 50.4 Å². The first kappa shape index (κ1) is 15.6. The number of anilines is 1. The molecule has 0 radical (unpaired) electrons. The Hall–Kier alpha value is -3.29. The predicted octanol–water partition coefficient (Wildman–Crippen LogP) is 1.39. The Kier molecular flexibility index (Phi) is 3.95. The van der Waals surface area contributed by atoms with Gasteiger partial charge in [0.25, 0.3) is 17.6 Å². The molecular weight excluding hydrogens is 308 g/mol. The van der Waals surface area contributed by atoms with Crippen LogP contribution in [0, 0.1) is 6.92 Å². The fraction of sp³-hybridized carbons (Fsp3) is 0.188. The van der Waals surface area contributed by atoms with Gasteiger partial charge in [-0.2, -0.15) is 4.98 Å². The summed E-state index contributed by atoms with van der Waals surface area (Å²) in [6.07, 6.45) is 1.61. The zero-order chi connectivity index (χ0) is 17.3. The molecule has 3 aromatic rings. The van der Waals surface area contributed by atoms with E-state index in [-0.39, 0.29) is 11.7 Å². The molecule has 0 spiro atoms. The van der Waals surface area contributed by atoms with Crippen molar-refractivity contribution in [3.63, 3.8) is 0 Å². The summed E-state index contributed by atoms with van der Waals surface area (Å²) in [6, 6.07) is 8.48. The molecule has 0 fully saturated rings. The molecule has 2 amide bonds. The minimum absolute atomic E-state index is 0.0149. The Morgan fingerprint density at radius 2 is 2.00 bits per heavy atom. The highest BCUT2D eigenvalue weighted by atomic mass is 16.2. The van der Waals surface area contributed by atoms with Crippen LogP contribution >= 0.6 is 0 Å². The van der Waals surface area contributed by atoms with E-state index < -0.39 is 5.91 Å². The summed E-state index contributed by atoms with van der Waals surface area (Å²) in [6.45, 7) is 1.85. The number of aryl methyl sites for hydroxylation is 1. The van der Waals surface area contributed by atoms with Gasteiger partial charge >= 0.3 is 0 Å². The number of nitrogens with zero attached hydrogens (tertiary/aromatic N) is 5. The summed E-state index contributed by atoms with van der Waals surface area (Å²) in [4.78, 5) is 34.0. The molecule has 0 saturated carbocycles. The first-order valence-electron chi connectivity index (χ1n) is 7.27. The van der Waals surface area contributed by atoms with Crippen LogP contribution in [0.2, 0.25) is 0 Å². The average molecular weight is 324 g/mol. The smallest absolute Gasteiger partial charge is 0.295 e. The van der Waals surface area contributed by atoms with Gasteiger partial charge in [0, 0.05) is 37.2 Å². The molecule has 0 aliphatic rings. The Labute approximate surface area is 138 Å². The van der Waals surface area contributed by atoms with Crippen LogP contribution in [0.1, 0.15) is 26.7 Å². The number of hydrogen-bond acceptors (Lipinski definition) is 5. The van der Waals surface area contributed by atoms with E-state index >= 15 is 0 Å². The van der Waals surface area contributed by atoms with Crippen LogP contribution < -0.4 is 5.32 Å². The van der Waals surface area contributed by atoms with Crippen LogP contribution in [-0.2, 0) is 0 Å². The minimum atomic E-state index is -0.464. The number of aromatic nitrogens is 4. The number of hydrogen-bond donors (Lipinski definition) is 1. The molecule has 24 heavy (non-hydrogen) atoms. The van der Waals surface area contributed by atoms with Crippen LogP contribution in [0.15, 0.2) is 36.5 Å². The molecule has 1 aromatic carbocycles. The third-order valence-corrected chi connectivity index (χ3v) is 3.41. The second kappa shape index (κ2) is 6.07. The Balaban J connectivity index is 1.85. The molecule has 0 bridgehead atoms. The van der Waals surface area contributed by atoms with Crippen LogP contribution in [0.4, 0.5) is 5.69 Å². The fourth-order valence-corrected chi connectivity index (χ4v) is 2.18. The zero-order valence-corrected chi connectivity index (χ0v) is 13.5. The van der Waals surface area contributed by atoms with Gasteiger partial charge < -0.3 is 10.2 Å². The van der Waals surface area contributed by atoms with Gasteiger partial charge in [-0.15, -0.1) is 5.10 Å². The molecule has 122 valence electrons. The maximum Gasteiger partial charge on any atom is 0.295 e. The number of rotatable bonds is 3. The Morgan fingerprint density at radius 1 is 1.21 bits per heavy atom. The van der Waals surface area contributed by atoms with Gasteiger partial charge in [0.15, 0.2) is 0 Å². The maximum absolute atomic E-state index is 12.3. The number of nitrogens with one attached hydrogen (secondary N) is 1. The SMILES string of the molecule is Cc1ccnc2nc(C(=O)Nc3cccc(C(=O)N(C)C)c3)nn12. The Bertz CT molecular complexity index is 931. The van der Waals surface area contributed by atoms with Gasteiger partial charge in [0.05, 0.1) is 0 Å². The van der Waals surface area contributed by atoms with Crippen molar-refractivity contribution in [3.8, 4) is 0 Å². The molecule has 0 unspecified atom stereocenters. The highest BCUT2D eigenvalue weighted by Crippen LogP contribution is 2.13. The Morgan fingerprint density at radius 3 is 2.71 bits per heavy atom. The molecule has 8 nitrogen and oxygen atoms in total. The molecule has 1 N–H and O–H groups in total. The zero-order valence-electron chi connectivity index (χ0n) is 13.5. The summed E-state index contributed by atoms with van der Waals surface area (Å²) < 4.78 is 1.50. The molecular formula is C16H16N6O2. The largest absolute Gasteiger partial charge is 0.345 e. The lowest BCUT2D eigenvalue weighted by molar-refractivity contribution is 0.0827. The van der Waals surface area contributed by atoms with Crippen LogP contribution in [0.3, 0.4) is 0 Å². The van der Waals surface area contributed by atoms with E-state index in [1.54, 1.807) is 50.6 Å². The fourth-order valence-electron chi connectivity index (χ4n) is 2.18. The quantitative estimate of drug-likeness (QED) is 0.786. The lowest BCUT2D eigenvalue weighted by Crippen LogP contribution is -2.22. The monoisotopic (exact) mass is 324 g/mol. The number of benzene rings is 1. The van der Waals surface area contributed by atoms with Crippen LogP contribution in [0.25, 0.3) is 5.78 Å². The molecule has 3 rings (SSSR count). The van der Waals surface area contributed by atoms with Gasteiger partial charge in [0.1, 0.15) is 0 Å². The van der Waals surface area contributed by atoms with Crippen molar-refractivity contribution >= 4 is 23.3 Å². The standard InChI is InChI=1S/C16H16N6O2/c1-10-7-8-17-16-19-13(20-22(10)16)14(23)18-12-6-4-5-11(9-12)15(24)21(2)3/h4-9H,1-3H3,(H,18,23). The van der Waals surface area contributed by atoms with Gasteiger partial charge in [-0.05, 0) is 31.2 Å². The second-order valence-electron chi connectivity index (χ2n) is 5.47. The van der Waals surface area contributed by atoms with Crippen molar-refractivity contribution in [1.29, 1.82) is 0 Å². The summed E-state index contributed by atoms with van der Waals surface area (Å²) in [5, 5.41) is 6.85. The number of amides is 2. The van der Waals surface area contributed by atoms with Crippen molar-refractivity contribution < 1.29 is 9.59 Å². The van der Waals surface area contributed by atoms with Crippen molar-refractivity contribution in [2.45, 2.75) is 6.92 Å². The lowest BCUT2D eigenvalue weighted by Gasteiger charge is -2.11. The van der Waals surface area contributed by atoms with E-state index in [2.05, 4.69) is 20.4 Å². The topological polar surface area (TPSA) is 92.5 Å². The first-order valence-corrected chi connectivity index (χ1v) is 7.27. The lowest BCUT2D eigenvalue weighted by atomic mass is 10.2. The predicted molar refractivity (Wildman–Crippen MR) is 87.9 cm³/mol. The molecule has 2 heterocycles. The molecule has 8 heteroatoms. The molecule has 2 aromatic heterocycles. The molecule has 0 atom stereocenters. The highest BCUT2D eigenvalue weighted by molar-refractivity contribution is 6.03. The van der Waals surface area contributed by atoms with E-state index in [1.807, 2.05) is 6.92 Å². The van der Waals surface area contributed by atoms with E-state index in [4.69, 9.17) is 0 Å². The average Bonchev–Trinajstić information content (AvgIpc) is 3.00. The molecule has 0 aliphatic heterocycles. The molecule has 0 aliphatic carbocycles. The van der Waals surface area contributed by atoms with Gasteiger partial charge in [-0.25, -0.2) is 9.50 Å². The first-order chi connectivity index (χ1) is 11.5. The normalized spacial score (nSPS) is 10.6. The van der Waals surface area contributed by atoms with Crippen molar-refractivity contribution in [1.82, 2.24) is 24.5 Å². The van der Waals surface area contributed by atoms with E-state index in [0.29, 0.717) is 17.0 Å². The third-order valence-electron chi connectivity index (χ3n) is 3.41. The van der Waals surface area contributed by atoms with E-state index in [9.17, 15) is 9.59 Å². The summed E-state index contributed by atoms with van der Waals surface area (Å²) in [5.74, 6) is -0.232. The van der Waals surface area contributed by atoms with Gasteiger partial charge in [-0.3, -0.25) is 9.59 Å². The second-order valence-corrected chi connectivity index (χ2v) is 5.47. The number of carbonyl (C=O) groups is 2. The van der Waals surface area contributed by atoms with Gasteiger partial charge in [0.2, 0.25) is 5.82 Å². The number of fused-ring (bicyclic) bond motifs is 1.